The van der Waals surface area contributed by atoms with Crippen molar-refractivity contribution in [1.29, 1.82) is 0 Å². The zero-order valence-corrected chi connectivity index (χ0v) is 28.6. The van der Waals surface area contributed by atoms with Gasteiger partial charge in [-0.05, 0) is 103 Å². The van der Waals surface area contributed by atoms with Gasteiger partial charge >= 0.3 is 11.9 Å². The minimum Gasteiger partial charge on any atom is -0.462 e. The van der Waals surface area contributed by atoms with E-state index >= 15 is 0 Å². The molecule has 0 aromatic heterocycles. The van der Waals surface area contributed by atoms with E-state index in [0.717, 1.165) is 38.9 Å². The number of likely N-dealkylation sites (tertiary alicyclic amines) is 1. The van der Waals surface area contributed by atoms with E-state index in [4.69, 9.17) is 19.9 Å². The summed E-state index contributed by atoms with van der Waals surface area (Å²) in [4.78, 5) is 41.4. The first kappa shape index (κ1) is 35.3. The van der Waals surface area contributed by atoms with Crippen LogP contribution < -0.4 is 16.4 Å². The Morgan fingerprint density at radius 2 is 1.93 bits per heavy atom. The maximum Gasteiger partial charge on any atom is 0.334 e. The van der Waals surface area contributed by atoms with Crippen molar-refractivity contribution in [3.05, 3.63) is 11.6 Å². The Balaban J connectivity index is 1.36. The van der Waals surface area contributed by atoms with Gasteiger partial charge in [-0.15, -0.1) is 0 Å². The number of nitrogens with two attached hydrogens (primary N) is 1. The number of rotatable bonds is 12. The smallest absolute Gasteiger partial charge is 0.334 e. The van der Waals surface area contributed by atoms with Gasteiger partial charge in [-0.3, -0.25) is 9.59 Å². The van der Waals surface area contributed by atoms with E-state index in [0.29, 0.717) is 56.6 Å². The lowest BCUT2D eigenvalue weighted by molar-refractivity contribution is -0.208. The van der Waals surface area contributed by atoms with E-state index < -0.39 is 11.2 Å². The van der Waals surface area contributed by atoms with Gasteiger partial charge in [-0.25, -0.2) is 4.79 Å². The van der Waals surface area contributed by atoms with Gasteiger partial charge in [-0.2, -0.15) is 0 Å². The van der Waals surface area contributed by atoms with E-state index in [1.807, 2.05) is 32.7 Å². The summed E-state index contributed by atoms with van der Waals surface area (Å²) in [5.41, 5.74) is 5.27. The van der Waals surface area contributed by atoms with Crippen LogP contribution in [0.2, 0.25) is 0 Å². The fourth-order valence-electron chi connectivity index (χ4n) is 8.92. The molecule has 0 spiro atoms. The molecule has 0 aromatic rings. The summed E-state index contributed by atoms with van der Waals surface area (Å²) >= 11 is 0. The third-order valence-electron chi connectivity index (χ3n) is 11.9. The highest BCUT2D eigenvalue weighted by Crippen LogP contribution is 2.55. The summed E-state index contributed by atoms with van der Waals surface area (Å²) in [5.74, 6) is 0.656. The van der Waals surface area contributed by atoms with Gasteiger partial charge < -0.3 is 40.6 Å². The van der Waals surface area contributed by atoms with Crippen molar-refractivity contribution >= 4 is 17.8 Å². The summed E-state index contributed by atoms with van der Waals surface area (Å²) in [5, 5.41) is 15.9. The second-order valence-corrected chi connectivity index (χ2v) is 15.4. The quantitative estimate of drug-likeness (QED) is 0.184. The number of hydrogen-bond donors (Lipinski definition) is 4. The number of nitrogens with zero attached hydrogens (tertiary/aromatic N) is 1. The molecule has 1 saturated carbocycles. The van der Waals surface area contributed by atoms with Crippen LogP contribution >= 0.6 is 0 Å². The number of ether oxygens (including phenoxy) is 3. The maximum absolute atomic E-state index is 13.4. The average molecular weight is 647 g/mol. The first-order valence-electron chi connectivity index (χ1n) is 17.6. The van der Waals surface area contributed by atoms with Crippen molar-refractivity contribution in [2.24, 2.45) is 41.2 Å². The van der Waals surface area contributed by atoms with Gasteiger partial charge in [0, 0.05) is 57.1 Å². The molecule has 11 nitrogen and oxygen atoms in total. The lowest BCUT2D eigenvalue weighted by Crippen LogP contribution is -2.58. The number of nitrogens with one attached hydrogen (secondary N) is 2. The van der Waals surface area contributed by atoms with Gasteiger partial charge in [0.2, 0.25) is 5.91 Å². The minimum atomic E-state index is -0.960. The first-order chi connectivity index (χ1) is 21.9. The molecule has 0 bridgehead atoms. The average Bonchev–Trinajstić information content (AvgIpc) is 3.35. The van der Waals surface area contributed by atoms with E-state index in [1.54, 1.807) is 13.0 Å². The van der Waals surface area contributed by atoms with Gasteiger partial charge in [0.1, 0.15) is 17.3 Å². The number of esters is 2. The predicted octanol–water partition coefficient (Wildman–Crippen LogP) is 2.50. The molecule has 9 atom stereocenters. The van der Waals surface area contributed by atoms with E-state index in [-0.39, 0.29) is 72.4 Å². The van der Waals surface area contributed by atoms with Crippen LogP contribution in [0.4, 0.5) is 0 Å². The van der Waals surface area contributed by atoms with Crippen molar-refractivity contribution in [3.63, 3.8) is 0 Å². The Hall–Kier alpha value is -2.05. The zero-order chi connectivity index (χ0) is 33.2. The number of piperidine rings is 1. The topological polar surface area (TPSA) is 152 Å². The number of carbonyl (C=O) groups excluding carboxylic acids is 3. The Morgan fingerprint density at radius 1 is 1.17 bits per heavy atom. The highest BCUT2D eigenvalue weighted by molar-refractivity contribution is 5.88. The monoisotopic (exact) mass is 646 g/mol. The number of amides is 1. The molecule has 1 aliphatic carbocycles. The number of fused-ring (bicyclic) bond motifs is 2. The lowest BCUT2D eigenvalue weighted by Gasteiger charge is -2.48. The molecule has 46 heavy (non-hydrogen) atoms. The number of hydrogen-bond acceptors (Lipinski definition) is 10. The highest BCUT2D eigenvalue weighted by Gasteiger charge is 2.61. The maximum atomic E-state index is 13.4. The number of allylic oxidation sites excluding steroid dienone is 1. The Kier molecular flexibility index (Phi) is 11.2. The van der Waals surface area contributed by atoms with E-state index in [9.17, 15) is 19.5 Å². The molecule has 0 aromatic carbocycles. The van der Waals surface area contributed by atoms with Crippen molar-refractivity contribution < 1.29 is 33.7 Å². The number of aliphatic hydroxyl groups excluding tert-OH is 1. The van der Waals surface area contributed by atoms with E-state index in [1.165, 1.54) is 0 Å². The molecular formula is C35H58N4O7. The number of aliphatic hydroxyl groups is 1. The van der Waals surface area contributed by atoms with Crippen molar-refractivity contribution in [3.8, 4) is 0 Å². The molecule has 9 unspecified atom stereocenters. The molecule has 0 radical (unpaired) electrons. The van der Waals surface area contributed by atoms with E-state index in [2.05, 4.69) is 10.6 Å². The summed E-state index contributed by atoms with van der Waals surface area (Å²) in [6.07, 6.45) is 7.29. The molecule has 4 aliphatic heterocycles. The molecule has 4 heterocycles. The summed E-state index contributed by atoms with van der Waals surface area (Å²) in [7, 11) is 1.94. The number of carbonyl (C=O) groups is 3. The third-order valence-corrected chi connectivity index (χ3v) is 11.9. The second kappa shape index (κ2) is 14.6. The molecule has 11 heteroatoms. The highest BCUT2D eigenvalue weighted by atomic mass is 16.6. The Morgan fingerprint density at radius 3 is 2.63 bits per heavy atom. The summed E-state index contributed by atoms with van der Waals surface area (Å²) in [6, 6.07) is 0. The normalized spacial score (nSPS) is 36.8. The Labute approximate surface area is 274 Å². The van der Waals surface area contributed by atoms with Crippen molar-refractivity contribution in [2.45, 2.75) is 115 Å². The molecular weight excluding hydrogens is 588 g/mol. The van der Waals surface area contributed by atoms with Crippen molar-refractivity contribution in [2.75, 3.05) is 39.8 Å². The lowest BCUT2D eigenvalue weighted by atomic mass is 9.66. The fraction of sp³-hybridized carbons (Fsp3) is 0.857. The molecule has 5 rings (SSSR count). The largest absolute Gasteiger partial charge is 0.462 e. The molecule has 1 amide bonds. The molecule has 4 saturated heterocycles. The predicted molar refractivity (Wildman–Crippen MR) is 173 cm³/mol. The second-order valence-electron chi connectivity index (χ2n) is 15.4. The van der Waals surface area contributed by atoms with Crippen LogP contribution in [0.3, 0.4) is 0 Å². The van der Waals surface area contributed by atoms with Gasteiger partial charge in [0.05, 0.1) is 18.2 Å². The van der Waals surface area contributed by atoms with Crippen LogP contribution in [0, 0.1) is 35.5 Å². The van der Waals surface area contributed by atoms with Gasteiger partial charge in [0.15, 0.2) is 0 Å². The molecule has 5 aliphatic rings. The van der Waals surface area contributed by atoms with Crippen LogP contribution in [-0.2, 0) is 28.6 Å². The first-order valence-corrected chi connectivity index (χ1v) is 17.6. The van der Waals surface area contributed by atoms with Crippen LogP contribution in [0.5, 0.6) is 0 Å². The van der Waals surface area contributed by atoms with Crippen LogP contribution in [0.15, 0.2) is 11.6 Å². The molecule has 5 fully saturated rings. The standard InChI is InChI=1S/C35H58N4O7/c1-6-21(2)32(42)46-34(3,4)35(15-25-12-30(36)38-18-27(25)13-31(41)39-19-22(20-39)17-37-5)16-26-11-24-10-23(8-7-9-40)33(43)44-28(24)14-29(26)45-35/h6,22-30,37-38,40H,7-20,36H2,1-5H3. The van der Waals surface area contributed by atoms with Crippen LogP contribution in [-0.4, -0.2) is 97.3 Å². The van der Waals surface area contributed by atoms with Crippen molar-refractivity contribution in [1.82, 2.24) is 15.5 Å². The van der Waals surface area contributed by atoms with Gasteiger partial charge in [-0.1, -0.05) is 6.08 Å². The molecule has 260 valence electrons. The third kappa shape index (κ3) is 7.48. The minimum absolute atomic E-state index is 0.0707. The van der Waals surface area contributed by atoms with Crippen LogP contribution in [0.25, 0.3) is 0 Å². The zero-order valence-electron chi connectivity index (χ0n) is 28.6. The summed E-state index contributed by atoms with van der Waals surface area (Å²) in [6.45, 7) is 10.7. The SMILES string of the molecule is CC=C(C)C(=O)OC(C)(C)C1(CC2CC(N)NCC2CC(=O)N2CC(CNC)C2)CC2CC3CC(CCCO)C(=O)OC3CC2O1. The molecule has 5 N–H and O–H groups in total. The van der Waals surface area contributed by atoms with Crippen LogP contribution in [0.1, 0.15) is 85.5 Å². The van der Waals surface area contributed by atoms with Gasteiger partial charge in [0.25, 0.3) is 0 Å². The Bertz CT molecular complexity index is 1140. The summed E-state index contributed by atoms with van der Waals surface area (Å²) < 4.78 is 19.4. The fourth-order valence-corrected chi connectivity index (χ4v) is 8.92.